The van der Waals surface area contributed by atoms with Gasteiger partial charge in [0.05, 0.1) is 11.2 Å². The van der Waals surface area contributed by atoms with Crippen LogP contribution in [-0.4, -0.2) is 28.7 Å². The summed E-state index contributed by atoms with van der Waals surface area (Å²) >= 11 is 0. The molecule has 0 unspecified atom stereocenters. The molecule has 0 aliphatic carbocycles. The molecule has 0 radical (unpaired) electrons. The van der Waals surface area contributed by atoms with Crippen molar-refractivity contribution in [2.45, 2.75) is 32.8 Å². The average molecular weight is 402 g/mol. The first kappa shape index (κ1) is 20.0. The fourth-order valence-electron chi connectivity index (χ4n) is 4.11. The molecule has 0 amide bonds. The Morgan fingerprint density at radius 1 is 1.23 bits per heavy atom. The molecule has 0 spiro atoms. The summed E-state index contributed by atoms with van der Waals surface area (Å²) in [5.41, 5.74) is 3.79. The van der Waals surface area contributed by atoms with Crippen molar-refractivity contribution in [3.63, 3.8) is 0 Å². The number of aromatic nitrogens is 2. The second kappa shape index (κ2) is 8.19. The van der Waals surface area contributed by atoms with Crippen LogP contribution in [0.2, 0.25) is 0 Å². The summed E-state index contributed by atoms with van der Waals surface area (Å²) in [6, 6.07) is 15.5. The fourth-order valence-corrected chi connectivity index (χ4v) is 4.11. The standard InChI is InChI=1S/C24H26N4O2/c1-4-17-5-8-19(9-6-17)30-22-11-12-28(15-16(22)2)21-13-23(29)27(3)20-10-7-18(14-25)26-24(20)21/h5-10,13,16,22H,4,11-12,15H2,1-3H3/t16-,22-/m0/s1. The summed E-state index contributed by atoms with van der Waals surface area (Å²) in [7, 11) is 1.73. The quantitative estimate of drug-likeness (QED) is 0.666. The number of nitrogens with zero attached hydrogens (tertiary/aromatic N) is 4. The first-order chi connectivity index (χ1) is 14.5. The van der Waals surface area contributed by atoms with Crippen LogP contribution in [0, 0.1) is 17.2 Å². The van der Waals surface area contributed by atoms with E-state index in [-0.39, 0.29) is 17.6 Å². The minimum absolute atomic E-state index is 0.0777. The summed E-state index contributed by atoms with van der Waals surface area (Å²) < 4.78 is 7.84. The predicted molar refractivity (Wildman–Crippen MR) is 118 cm³/mol. The van der Waals surface area contributed by atoms with E-state index >= 15 is 0 Å². The Morgan fingerprint density at radius 3 is 2.67 bits per heavy atom. The van der Waals surface area contributed by atoms with Gasteiger partial charge < -0.3 is 14.2 Å². The normalized spacial score (nSPS) is 18.9. The Kier molecular flexibility index (Phi) is 5.45. The van der Waals surface area contributed by atoms with Gasteiger partial charge in [-0.15, -0.1) is 0 Å². The van der Waals surface area contributed by atoms with Crippen molar-refractivity contribution in [2.75, 3.05) is 18.0 Å². The first-order valence-electron chi connectivity index (χ1n) is 10.4. The Bertz CT molecular complexity index is 1160. The summed E-state index contributed by atoms with van der Waals surface area (Å²) in [6.45, 7) is 5.85. The topological polar surface area (TPSA) is 71.2 Å². The molecule has 1 aliphatic rings. The van der Waals surface area contributed by atoms with Gasteiger partial charge in [0, 0.05) is 38.5 Å². The number of pyridine rings is 2. The van der Waals surface area contributed by atoms with E-state index in [0.29, 0.717) is 11.2 Å². The van der Waals surface area contributed by atoms with Crippen molar-refractivity contribution in [3.8, 4) is 11.8 Å². The minimum atomic E-state index is -0.0777. The molecule has 3 heterocycles. The minimum Gasteiger partial charge on any atom is -0.490 e. The van der Waals surface area contributed by atoms with Crippen molar-refractivity contribution in [3.05, 3.63) is 64.1 Å². The van der Waals surface area contributed by atoms with Crippen molar-refractivity contribution in [2.24, 2.45) is 13.0 Å². The molecule has 1 aliphatic heterocycles. The van der Waals surface area contributed by atoms with E-state index in [1.807, 2.05) is 12.1 Å². The van der Waals surface area contributed by atoms with Crippen LogP contribution in [0.3, 0.4) is 0 Å². The van der Waals surface area contributed by atoms with Crippen molar-refractivity contribution < 1.29 is 4.74 Å². The Balaban J connectivity index is 1.58. The molecule has 0 N–H and O–H groups in total. The molecule has 3 aromatic rings. The third-order valence-corrected chi connectivity index (χ3v) is 5.97. The highest BCUT2D eigenvalue weighted by molar-refractivity contribution is 5.88. The van der Waals surface area contributed by atoms with E-state index in [9.17, 15) is 10.1 Å². The Labute approximate surface area is 176 Å². The smallest absolute Gasteiger partial charge is 0.252 e. The van der Waals surface area contributed by atoms with E-state index in [0.717, 1.165) is 42.9 Å². The second-order valence-corrected chi connectivity index (χ2v) is 7.97. The lowest BCUT2D eigenvalue weighted by molar-refractivity contribution is 0.121. The molecule has 6 nitrogen and oxygen atoms in total. The Hall–Kier alpha value is -3.33. The summed E-state index contributed by atoms with van der Waals surface area (Å²) in [5, 5.41) is 9.26. The van der Waals surface area contributed by atoms with E-state index in [4.69, 9.17) is 4.74 Å². The largest absolute Gasteiger partial charge is 0.490 e. The van der Waals surface area contributed by atoms with Gasteiger partial charge in [0.1, 0.15) is 29.1 Å². The van der Waals surface area contributed by atoms with Gasteiger partial charge in [0.15, 0.2) is 0 Å². The summed E-state index contributed by atoms with van der Waals surface area (Å²) in [4.78, 5) is 19.2. The van der Waals surface area contributed by atoms with Crippen molar-refractivity contribution in [1.82, 2.24) is 9.55 Å². The van der Waals surface area contributed by atoms with Crippen LogP contribution in [0.4, 0.5) is 5.69 Å². The molecule has 4 rings (SSSR count). The fraction of sp³-hybridized carbons (Fsp3) is 0.375. The van der Waals surface area contributed by atoms with Crippen LogP contribution in [0.25, 0.3) is 11.0 Å². The number of aryl methyl sites for hydroxylation is 2. The molecule has 2 aromatic heterocycles. The van der Waals surface area contributed by atoms with Crippen LogP contribution in [0.15, 0.2) is 47.3 Å². The molecule has 2 atom stereocenters. The number of hydrogen-bond donors (Lipinski definition) is 0. The molecule has 6 heteroatoms. The number of ether oxygens (including phenoxy) is 1. The zero-order valence-corrected chi connectivity index (χ0v) is 17.6. The van der Waals surface area contributed by atoms with Gasteiger partial charge >= 0.3 is 0 Å². The van der Waals surface area contributed by atoms with Gasteiger partial charge in [-0.3, -0.25) is 4.79 Å². The molecule has 0 bridgehead atoms. The second-order valence-electron chi connectivity index (χ2n) is 7.97. The number of piperidine rings is 1. The van der Waals surface area contributed by atoms with Gasteiger partial charge in [-0.05, 0) is 36.2 Å². The molecule has 1 saturated heterocycles. The molecule has 1 fully saturated rings. The lowest BCUT2D eigenvalue weighted by Crippen LogP contribution is -2.45. The van der Waals surface area contributed by atoms with Gasteiger partial charge in [-0.2, -0.15) is 5.26 Å². The highest BCUT2D eigenvalue weighted by Crippen LogP contribution is 2.30. The highest BCUT2D eigenvalue weighted by Gasteiger charge is 2.29. The van der Waals surface area contributed by atoms with Crippen LogP contribution < -0.4 is 15.2 Å². The number of hydrogen-bond acceptors (Lipinski definition) is 5. The first-order valence-corrected chi connectivity index (χ1v) is 10.4. The van der Waals surface area contributed by atoms with Gasteiger partial charge in [-0.25, -0.2) is 4.98 Å². The van der Waals surface area contributed by atoms with Gasteiger partial charge in [-0.1, -0.05) is 26.0 Å². The van der Waals surface area contributed by atoms with Crippen molar-refractivity contribution in [1.29, 1.82) is 5.26 Å². The monoisotopic (exact) mass is 402 g/mol. The van der Waals surface area contributed by atoms with Gasteiger partial charge in [0.25, 0.3) is 5.56 Å². The van der Waals surface area contributed by atoms with Crippen LogP contribution in [0.1, 0.15) is 31.5 Å². The SMILES string of the molecule is CCc1ccc(O[C@H]2CCN(c3cc(=O)n(C)c4ccc(C#N)nc34)C[C@@H]2C)cc1. The average Bonchev–Trinajstić information content (AvgIpc) is 2.77. The molecule has 1 aromatic carbocycles. The zero-order chi connectivity index (χ0) is 21.3. The van der Waals surface area contributed by atoms with E-state index in [2.05, 4.69) is 41.9 Å². The number of fused-ring (bicyclic) bond motifs is 1. The third kappa shape index (κ3) is 3.76. The zero-order valence-electron chi connectivity index (χ0n) is 17.6. The van der Waals surface area contributed by atoms with Crippen LogP contribution >= 0.6 is 0 Å². The lowest BCUT2D eigenvalue weighted by Gasteiger charge is -2.38. The molecular formula is C24H26N4O2. The maximum Gasteiger partial charge on any atom is 0.252 e. The maximum absolute atomic E-state index is 12.5. The van der Waals surface area contributed by atoms with Crippen LogP contribution in [0.5, 0.6) is 5.75 Å². The predicted octanol–water partition coefficient (Wildman–Crippen LogP) is 3.66. The number of rotatable bonds is 4. The van der Waals surface area contributed by atoms with Crippen molar-refractivity contribution >= 4 is 16.7 Å². The number of anilines is 1. The third-order valence-electron chi connectivity index (χ3n) is 5.97. The number of benzene rings is 1. The molecule has 154 valence electrons. The number of nitriles is 1. The highest BCUT2D eigenvalue weighted by atomic mass is 16.5. The van der Waals surface area contributed by atoms with E-state index in [1.54, 1.807) is 29.8 Å². The maximum atomic E-state index is 12.5. The molecule has 30 heavy (non-hydrogen) atoms. The summed E-state index contributed by atoms with van der Waals surface area (Å²) in [6.07, 6.45) is 1.99. The molecular weight excluding hydrogens is 376 g/mol. The van der Waals surface area contributed by atoms with Crippen LogP contribution in [-0.2, 0) is 13.5 Å². The van der Waals surface area contributed by atoms with E-state index < -0.39 is 0 Å². The Morgan fingerprint density at radius 2 is 2.00 bits per heavy atom. The van der Waals surface area contributed by atoms with E-state index in [1.165, 1.54) is 5.56 Å². The lowest BCUT2D eigenvalue weighted by atomic mass is 9.95. The van der Waals surface area contributed by atoms with Gasteiger partial charge in [0.2, 0.25) is 0 Å². The summed E-state index contributed by atoms with van der Waals surface area (Å²) in [5.74, 6) is 1.18. The molecule has 0 saturated carbocycles.